The molecule has 0 fully saturated rings. The highest BCUT2D eigenvalue weighted by molar-refractivity contribution is 7.10. The molecule has 0 aliphatic carbocycles. The minimum Gasteiger partial charge on any atom is -0.345 e. The van der Waals surface area contributed by atoms with E-state index in [-0.39, 0.29) is 12.5 Å². The first kappa shape index (κ1) is 15.7. The predicted octanol–water partition coefficient (Wildman–Crippen LogP) is 3.24. The third-order valence-electron chi connectivity index (χ3n) is 3.51. The highest BCUT2D eigenvalue weighted by Crippen LogP contribution is 2.20. The predicted molar refractivity (Wildman–Crippen MR) is 99.3 cm³/mol. The average molecular weight is 367 g/mol. The first-order chi connectivity index (χ1) is 12.3. The zero-order chi connectivity index (χ0) is 17.1. The van der Waals surface area contributed by atoms with Crippen molar-refractivity contribution < 1.29 is 4.79 Å². The number of thiophene rings is 2. The minimum atomic E-state index is -0.181. The number of nitrogens with one attached hydrogen (secondary N) is 1. The van der Waals surface area contributed by atoms with Crippen LogP contribution in [0.15, 0.2) is 52.5 Å². The van der Waals surface area contributed by atoms with Crippen LogP contribution in [0, 0.1) is 0 Å². The van der Waals surface area contributed by atoms with Gasteiger partial charge in [-0.3, -0.25) is 4.79 Å². The Bertz CT molecular complexity index is 1020. The summed E-state index contributed by atoms with van der Waals surface area (Å²) in [5.41, 5.74) is 2.55. The van der Waals surface area contributed by atoms with E-state index in [1.54, 1.807) is 33.3 Å². The zero-order valence-electron chi connectivity index (χ0n) is 13.0. The summed E-state index contributed by atoms with van der Waals surface area (Å²) in [4.78, 5) is 13.0. The Morgan fingerprint density at radius 2 is 2.16 bits per heavy atom. The van der Waals surface area contributed by atoms with Gasteiger partial charge in [0.15, 0.2) is 11.5 Å². The molecule has 4 aromatic rings. The molecule has 0 radical (unpaired) electrons. The Hall–Kier alpha value is -2.84. The third kappa shape index (κ3) is 3.49. The lowest BCUT2D eigenvalue weighted by Crippen LogP contribution is -2.22. The van der Waals surface area contributed by atoms with Gasteiger partial charge >= 0.3 is 0 Å². The molecule has 0 bridgehead atoms. The molecule has 8 heteroatoms. The molecule has 0 saturated heterocycles. The Morgan fingerprint density at radius 3 is 2.96 bits per heavy atom. The fraction of sp³-hybridized carbons (Fsp3) is 0.0588. The van der Waals surface area contributed by atoms with Crippen LogP contribution in [0.25, 0.3) is 23.0 Å². The molecule has 0 aromatic carbocycles. The number of carbonyl (C=O) groups is 1. The van der Waals surface area contributed by atoms with Crippen LogP contribution in [-0.2, 0) is 11.3 Å². The number of fused-ring (bicyclic) bond motifs is 1. The van der Waals surface area contributed by atoms with Crippen molar-refractivity contribution in [1.82, 2.24) is 25.1 Å². The maximum Gasteiger partial charge on any atom is 0.244 e. The van der Waals surface area contributed by atoms with Crippen LogP contribution in [0.3, 0.4) is 0 Å². The number of carbonyl (C=O) groups excluding carboxylic acids is 1. The van der Waals surface area contributed by atoms with Gasteiger partial charge in [-0.2, -0.15) is 21.0 Å². The lowest BCUT2D eigenvalue weighted by Gasteiger charge is -2.02. The minimum absolute atomic E-state index is 0.181. The number of nitrogens with zero attached hydrogens (tertiary/aromatic N) is 4. The van der Waals surface area contributed by atoms with Crippen molar-refractivity contribution in [2.45, 2.75) is 6.54 Å². The molecule has 0 saturated carbocycles. The summed E-state index contributed by atoms with van der Waals surface area (Å²) >= 11 is 3.20. The summed E-state index contributed by atoms with van der Waals surface area (Å²) in [5.74, 6) is 0.407. The van der Waals surface area contributed by atoms with Gasteiger partial charge in [0, 0.05) is 21.9 Å². The van der Waals surface area contributed by atoms with Gasteiger partial charge in [-0.15, -0.1) is 21.5 Å². The Labute approximate surface area is 151 Å². The van der Waals surface area contributed by atoms with E-state index in [9.17, 15) is 4.79 Å². The molecule has 4 rings (SSSR count). The van der Waals surface area contributed by atoms with Gasteiger partial charge in [0.2, 0.25) is 5.91 Å². The molecular weight excluding hydrogens is 354 g/mol. The molecule has 124 valence electrons. The number of hydrogen-bond acceptors (Lipinski definition) is 6. The number of hydrogen-bond donors (Lipinski definition) is 1. The van der Waals surface area contributed by atoms with Gasteiger partial charge in [0.1, 0.15) is 0 Å². The van der Waals surface area contributed by atoms with Crippen molar-refractivity contribution in [3.8, 4) is 11.3 Å². The van der Waals surface area contributed by atoms with E-state index in [0.717, 1.165) is 16.1 Å². The second kappa shape index (κ2) is 6.96. The summed E-state index contributed by atoms with van der Waals surface area (Å²) in [7, 11) is 0. The second-order valence-electron chi connectivity index (χ2n) is 5.18. The lowest BCUT2D eigenvalue weighted by atomic mass is 10.2. The van der Waals surface area contributed by atoms with E-state index < -0.39 is 0 Å². The maximum atomic E-state index is 12.0. The summed E-state index contributed by atoms with van der Waals surface area (Å²) in [6.07, 6.45) is 3.30. The third-order valence-corrected chi connectivity index (χ3v) is 5.03. The molecule has 6 nitrogen and oxygen atoms in total. The first-order valence-corrected chi connectivity index (χ1v) is 9.35. The molecule has 0 atom stereocenters. The van der Waals surface area contributed by atoms with E-state index in [0.29, 0.717) is 11.5 Å². The molecule has 25 heavy (non-hydrogen) atoms. The second-order valence-corrected chi connectivity index (χ2v) is 6.94. The normalized spacial score (nSPS) is 11.4. The summed E-state index contributed by atoms with van der Waals surface area (Å²) < 4.78 is 1.66. The zero-order valence-corrected chi connectivity index (χ0v) is 14.6. The quantitative estimate of drug-likeness (QED) is 0.550. The van der Waals surface area contributed by atoms with Crippen molar-refractivity contribution in [2.75, 3.05) is 0 Å². The molecule has 0 aliphatic heterocycles. The van der Waals surface area contributed by atoms with Gasteiger partial charge in [0.25, 0.3) is 0 Å². The topological polar surface area (TPSA) is 72.2 Å². The van der Waals surface area contributed by atoms with Crippen LogP contribution >= 0.6 is 22.7 Å². The van der Waals surface area contributed by atoms with E-state index >= 15 is 0 Å². The highest BCUT2D eigenvalue weighted by atomic mass is 32.1. The summed E-state index contributed by atoms with van der Waals surface area (Å²) in [6.45, 7) is 0.259. The number of aromatic nitrogens is 4. The average Bonchev–Trinajstić information content (AvgIpc) is 3.39. The molecule has 1 amide bonds. The fourth-order valence-electron chi connectivity index (χ4n) is 2.28. The maximum absolute atomic E-state index is 12.0. The standard InChI is InChI=1S/C17H13N5OS2/c23-17(6-3-13-2-1-8-25-13)18-10-16-20-19-15-5-4-14(21-22(15)16)12-7-9-24-11-12/h1-9,11H,10H2,(H,18,23)/b6-3+. The van der Waals surface area contributed by atoms with Crippen molar-refractivity contribution in [2.24, 2.45) is 0 Å². The smallest absolute Gasteiger partial charge is 0.244 e. The van der Waals surface area contributed by atoms with Crippen LogP contribution < -0.4 is 5.32 Å². The van der Waals surface area contributed by atoms with E-state index in [1.165, 1.54) is 6.08 Å². The SMILES string of the molecule is O=C(/C=C/c1cccs1)NCc1nnc2ccc(-c3ccsc3)nn12. The van der Waals surface area contributed by atoms with Gasteiger partial charge in [-0.1, -0.05) is 6.07 Å². The number of amides is 1. The van der Waals surface area contributed by atoms with Gasteiger partial charge in [0.05, 0.1) is 12.2 Å². The van der Waals surface area contributed by atoms with Crippen LogP contribution in [0.1, 0.15) is 10.7 Å². The Kier molecular flexibility index (Phi) is 4.36. The van der Waals surface area contributed by atoms with Gasteiger partial charge < -0.3 is 5.32 Å². The highest BCUT2D eigenvalue weighted by Gasteiger charge is 2.09. The Balaban J connectivity index is 1.49. The van der Waals surface area contributed by atoms with Crippen LogP contribution in [0.2, 0.25) is 0 Å². The monoisotopic (exact) mass is 367 g/mol. The fourth-order valence-corrected chi connectivity index (χ4v) is 3.54. The molecule has 0 aliphatic rings. The van der Waals surface area contributed by atoms with E-state index in [4.69, 9.17) is 0 Å². The Morgan fingerprint density at radius 1 is 1.20 bits per heavy atom. The lowest BCUT2D eigenvalue weighted by molar-refractivity contribution is -0.116. The van der Waals surface area contributed by atoms with Crippen molar-refractivity contribution in [1.29, 1.82) is 0 Å². The van der Waals surface area contributed by atoms with Crippen LogP contribution in [0.5, 0.6) is 0 Å². The summed E-state index contributed by atoms with van der Waals surface area (Å²) in [6, 6.07) is 9.70. The number of rotatable bonds is 5. The molecule has 0 unspecified atom stereocenters. The van der Waals surface area contributed by atoms with Crippen molar-refractivity contribution in [3.05, 3.63) is 63.2 Å². The van der Waals surface area contributed by atoms with Crippen LogP contribution in [-0.4, -0.2) is 25.7 Å². The summed E-state index contributed by atoms with van der Waals surface area (Å²) in [5, 5.41) is 21.6. The van der Waals surface area contributed by atoms with Crippen molar-refractivity contribution >= 4 is 40.3 Å². The molecular formula is C17H13N5OS2. The molecule has 4 heterocycles. The van der Waals surface area contributed by atoms with Crippen LogP contribution in [0.4, 0.5) is 0 Å². The molecule has 1 N–H and O–H groups in total. The molecule has 0 spiro atoms. The molecule has 4 aromatic heterocycles. The first-order valence-electron chi connectivity index (χ1n) is 7.53. The largest absolute Gasteiger partial charge is 0.345 e. The van der Waals surface area contributed by atoms with Gasteiger partial charge in [-0.05, 0) is 41.1 Å². The van der Waals surface area contributed by atoms with E-state index in [1.807, 2.05) is 46.5 Å². The van der Waals surface area contributed by atoms with Gasteiger partial charge in [-0.25, -0.2) is 0 Å². The van der Waals surface area contributed by atoms with Crippen molar-refractivity contribution in [3.63, 3.8) is 0 Å². The van der Waals surface area contributed by atoms with E-state index in [2.05, 4.69) is 20.6 Å².